The van der Waals surface area contributed by atoms with Gasteiger partial charge in [0.25, 0.3) is 0 Å². The summed E-state index contributed by atoms with van der Waals surface area (Å²) >= 11 is 0. The van der Waals surface area contributed by atoms with Crippen molar-refractivity contribution in [3.63, 3.8) is 0 Å². The second-order valence-corrected chi connectivity index (χ2v) is 15.8. The van der Waals surface area contributed by atoms with Gasteiger partial charge in [0, 0.05) is 27.9 Å². The zero-order valence-corrected chi connectivity index (χ0v) is 30.7. The number of benzene rings is 8. The van der Waals surface area contributed by atoms with Crippen LogP contribution >= 0.6 is 0 Å². The Balaban J connectivity index is 1.11. The van der Waals surface area contributed by atoms with E-state index in [-0.39, 0.29) is 10.8 Å². The number of hydrogen-bond donors (Lipinski definition) is 0. The molecule has 0 amide bonds. The van der Waals surface area contributed by atoms with Gasteiger partial charge >= 0.3 is 0 Å². The fourth-order valence-electron chi connectivity index (χ4n) is 9.31. The van der Waals surface area contributed by atoms with Crippen molar-refractivity contribution >= 4 is 27.8 Å². The number of nitrogens with zero attached hydrogens (tertiary/aromatic N) is 1. The average Bonchev–Trinajstić information content (AvgIpc) is 3.58. The van der Waals surface area contributed by atoms with Gasteiger partial charge in [0.2, 0.25) is 0 Å². The van der Waals surface area contributed by atoms with E-state index in [9.17, 15) is 0 Å². The molecule has 8 aromatic rings. The Bertz CT molecular complexity index is 2700. The predicted octanol–water partition coefficient (Wildman–Crippen LogP) is 14.3. The zero-order chi connectivity index (χ0) is 35.9. The second-order valence-electron chi connectivity index (χ2n) is 15.8. The maximum absolute atomic E-state index is 2.42. The van der Waals surface area contributed by atoms with Crippen molar-refractivity contribution in [1.82, 2.24) is 0 Å². The second kappa shape index (κ2) is 11.7. The lowest BCUT2D eigenvalue weighted by Gasteiger charge is -2.28. The summed E-state index contributed by atoms with van der Waals surface area (Å²) in [6, 6.07) is 65.2. The van der Waals surface area contributed by atoms with E-state index in [4.69, 9.17) is 0 Å². The molecule has 0 atom stereocenters. The van der Waals surface area contributed by atoms with Gasteiger partial charge in [0.15, 0.2) is 0 Å². The predicted molar refractivity (Wildman–Crippen MR) is 225 cm³/mol. The molecule has 0 bridgehead atoms. The minimum Gasteiger partial charge on any atom is -0.310 e. The largest absolute Gasteiger partial charge is 0.310 e. The summed E-state index contributed by atoms with van der Waals surface area (Å²) in [5.41, 5.74) is 19.2. The van der Waals surface area contributed by atoms with Crippen molar-refractivity contribution in [2.24, 2.45) is 0 Å². The standard InChI is InChI=1S/C52H41N/c1-51(2)46-20-11-9-17-44(46)50-47(51)32-25-37-15-12-18-41(49(37)50)36-23-28-39(29-24-36)53(38-26-21-35(22-27-38)34-13-6-5-7-14-34)40-30-31-43-42-16-8-10-19-45(42)52(3,4)48(43)33-40/h5-33H,1-4H3. The zero-order valence-electron chi connectivity index (χ0n) is 30.7. The molecule has 0 saturated carbocycles. The average molecular weight is 680 g/mol. The Labute approximate surface area is 312 Å². The Morgan fingerprint density at radius 3 is 1.58 bits per heavy atom. The van der Waals surface area contributed by atoms with Gasteiger partial charge in [-0.25, -0.2) is 0 Å². The van der Waals surface area contributed by atoms with Crippen molar-refractivity contribution in [3.8, 4) is 44.5 Å². The highest BCUT2D eigenvalue weighted by Gasteiger charge is 2.37. The molecule has 0 N–H and O–H groups in total. The molecule has 254 valence electrons. The van der Waals surface area contributed by atoms with Crippen molar-refractivity contribution < 1.29 is 0 Å². The van der Waals surface area contributed by atoms with Gasteiger partial charge < -0.3 is 4.90 Å². The minimum atomic E-state index is -0.0869. The van der Waals surface area contributed by atoms with Crippen molar-refractivity contribution in [3.05, 3.63) is 198 Å². The first-order valence-electron chi connectivity index (χ1n) is 18.8. The van der Waals surface area contributed by atoms with Crippen LogP contribution in [0.3, 0.4) is 0 Å². The van der Waals surface area contributed by atoms with Gasteiger partial charge in [0.05, 0.1) is 0 Å². The molecule has 0 saturated heterocycles. The quantitative estimate of drug-likeness (QED) is 0.175. The van der Waals surface area contributed by atoms with E-state index in [2.05, 4.69) is 209 Å². The van der Waals surface area contributed by atoms with Crippen LogP contribution in [-0.2, 0) is 10.8 Å². The summed E-state index contributed by atoms with van der Waals surface area (Å²) in [7, 11) is 0. The highest BCUT2D eigenvalue weighted by atomic mass is 15.1. The summed E-state index contributed by atoms with van der Waals surface area (Å²) in [6.07, 6.45) is 0. The van der Waals surface area contributed by atoms with Crippen LogP contribution in [0.5, 0.6) is 0 Å². The fourth-order valence-corrected chi connectivity index (χ4v) is 9.31. The van der Waals surface area contributed by atoms with E-state index in [1.165, 1.54) is 77.5 Å². The number of hydrogen-bond acceptors (Lipinski definition) is 1. The molecule has 2 aliphatic carbocycles. The van der Waals surface area contributed by atoms with Crippen LogP contribution in [0.15, 0.2) is 176 Å². The van der Waals surface area contributed by atoms with E-state index in [1.54, 1.807) is 0 Å². The summed E-state index contributed by atoms with van der Waals surface area (Å²) in [6.45, 7) is 9.44. The van der Waals surface area contributed by atoms with Crippen LogP contribution in [0, 0.1) is 0 Å². The molecule has 0 aliphatic heterocycles. The van der Waals surface area contributed by atoms with Gasteiger partial charge in [-0.1, -0.05) is 167 Å². The smallest absolute Gasteiger partial charge is 0.0465 e. The van der Waals surface area contributed by atoms with E-state index in [0.29, 0.717) is 0 Å². The minimum absolute atomic E-state index is 0.0422. The molecule has 0 fully saturated rings. The van der Waals surface area contributed by atoms with Crippen LogP contribution in [0.1, 0.15) is 49.9 Å². The van der Waals surface area contributed by atoms with E-state index in [1.807, 2.05) is 0 Å². The van der Waals surface area contributed by atoms with Gasteiger partial charge in [-0.3, -0.25) is 0 Å². The molecule has 0 aromatic heterocycles. The summed E-state index contributed by atoms with van der Waals surface area (Å²) < 4.78 is 0. The van der Waals surface area contributed by atoms with Crippen LogP contribution < -0.4 is 4.90 Å². The molecule has 0 spiro atoms. The van der Waals surface area contributed by atoms with Gasteiger partial charge in [-0.2, -0.15) is 0 Å². The highest BCUT2D eigenvalue weighted by molar-refractivity contribution is 6.10. The molecular formula is C52H41N. The normalized spacial score (nSPS) is 14.3. The molecule has 10 rings (SSSR count). The maximum Gasteiger partial charge on any atom is 0.0465 e. The van der Waals surface area contributed by atoms with Crippen LogP contribution in [0.2, 0.25) is 0 Å². The van der Waals surface area contributed by atoms with Crippen molar-refractivity contribution in [2.45, 2.75) is 38.5 Å². The van der Waals surface area contributed by atoms with Gasteiger partial charge in [-0.15, -0.1) is 0 Å². The summed E-state index contributed by atoms with van der Waals surface area (Å²) in [5, 5.41) is 2.62. The first-order valence-corrected chi connectivity index (χ1v) is 18.8. The van der Waals surface area contributed by atoms with E-state index >= 15 is 0 Å². The molecule has 1 nitrogen and oxygen atoms in total. The molecule has 0 unspecified atom stereocenters. The van der Waals surface area contributed by atoms with Crippen LogP contribution in [0.4, 0.5) is 17.1 Å². The number of rotatable bonds is 5. The van der Waals surface area contributed by atoms with Gasteiger partial charge in [-0.05, 0) is 114 Å². The van der Waals surface area contributed by atoms with Crippen molar-refractivity contribution in [2.75, 3.05) is 4.90 Å². The first kappa shape index (κ1) is 31.5. The van der Waals surface area contributed by atoms with Crippen molar-refractivity contribution in [1.29, 1.82) is 0 Å². The monoisotopic (exact) mass is 679 g/mol. The Kier molecular flexibility index (Phi) is 6.94. The molecule has 2 aliphatic rings. The molecule has 1 heteroatoms. The molecule has 8 aromatic carbocycles. The third-order valence-electron chi connectivity index (χ3n) is 12.1. The lowest BCUT2D eigenvalue weighted by Crippen LogP contribution is -2.16. The Morgan fingerprint density at radius 2 is 0.868 bits per heavy atom. The third-order valence-corrected chi connectivity index (χ3v) is 12.1. The number of fused-ring (bicyclic) bond motifs is 8. The van der Waals surface area contributed by atoms with Crippen LogP contribution in [0.25, 0.3) is 55.3 Å². The fraction of sp³-hybridized carbons (Fsp3) is 0.115. The molecular weight excluding hydrogens is 639 g/mol. The summed E-state index contributed by atoms with van der Waals surface area (Å²) in [5.74, 6) is 0. The lowest BCUT2D eigenvalue weighted by atomic mass is 9.81. The van der Waals surface area contributed by atoms with Crippen LogP contribution in [-0.4, -0.2) is 0 Å². The highest BCUT2D eigenvalue weighted by Crippen LogP contribution is 2.53. The topological polar surface area (TPSA) is 3.24 Å². The van der Waals surface area contributed by atoms with Gasteiger partial charge in [0.1, 0.15) is 0 Å². The molecule has 0 radical (unpaired) electrons. The number of anilines is 3. The lowest BCUT2D eigenvalue weighted by molar-refractivity contribution is 0.660. The summed E-state index contributed by atoms with van der Waals surface area (Å²) in [4.78, 5) is 2.41. The first-order chi connectivity index (χ1) is 25.8. The SMILES string of the molecule is CC1(C)c2ccccc2-c2ccc(N(c3ccc(-c4ccccc4)cc3)c3ccc(-c4cccc5ccc6c(c45)-c4ccccc4C6(C)C)cc3)cc21. The molecule has 0 heterocycles. The Morgan fingerprint density at radius 1 is 0.340 bits per heavy atom. The third kappa shape index (κ3) is 4.77. The van der Waals surface area contributed by atoms with E-state index < -0.39 is 0 Å². The van der Waals surface area contributed by atoms with E-state index in [0.717, 1.165) is 17.1 Å². The Hall–Kier alpha value is -6.18. The molecule has 53 heavy (non-hydrogen) atoms. The maximum atomic E-state index is 2.42.